The highest BCUT2D eigenvalue weighted by atomic mass is 19.1. The van der Waals surface area contributed by atoms with Crippen LogP contribution in [0.25, 0.3) is 6.08 Å². The minimum absolute atomic E-state index is 0.236. The molecular formula is C16H15FN2O2. The lowest BCUT2D eigenvalue weighted by Crippen LogP contribution is -2.24. The third kappa shape index (κ3) is 3.89. The number of likely N-dealkylation sites (N-methyl/N-ethyl adjacent to an activating group) is 1. The third-order valence-corrected chi connectivity index (χ3v) is 2.88. The average Bonchev–Trinajstić information content (AvgIpc) is 2.53. The van der Waals surface area contributed by atoms with Crippen LogP contribution >= 0.6 is 0 Å². The van der Waals surface area contributed by atoms with Crippen LogP contribution < -0.4 is 9.64 Å². The second kappa shape index (κ2) is 6.65. The number of benzene rings is 1. The maximum absolute atomic E-state index is 12.8. The van der Waals surface area contributed by atoms with Crippen molar-refractivity contribution in [1.29, 1.82) is 0 Å². The molecule has 1 amide bonds. The summed E-state index contributed by atoms with van der Waals surface area (Å²) in [5, 5.41) is 0. The van der Waals surface area contributed by atoms with Crippen LogP contribution in [0.3, 0.4) is 0 Å². The Morgan fingerprint density at radius 1 is 1.24 bits per heavy atom. The number of anilines is 1. The monoisotopic (exact) mass is 286 g/mol. The van der Waals surface area contributed by atoms with Crippen LogP contribution in [-0.2, 0) is 4.79 Å². The molecular weight excluding hydrogens is 271 g/mol. The minimum Gasteiger partial charge on any atom is -0.481 e. The van der Waals surface area contributed by atoms with E-state index in [0.717, 1.165) is 5.56 Å². The van der Waals surface area contributed by atoms with Gasteiger partial charge in [-0.2, -0.15) is 4.98 Å². The van der Waals surface area contributed by atoms with Gasteiger partial charge in [0.25, 0.3) is 5.91 Å². The maximum atomic E-state index is 12.8. The number of carbonyl (C=O) groups is 1. The molecule has 0 radical (unpaired) electrons. The summed E-state index contributed by atoms with van der Waals surface area (Å²) < 4.78 is 17.8. The Balaban J connectivity index is 2.10. The first-order chi connectivity index (χ1) is 10.1. The van der Waals surface area contributed by atoms with Crippen LogP contribution in [0.5, 0.6) is 5.88 Å². The highest BCUT2D eigenvalue weighted by Crippen LogP contribution is 2.15. The minimum atomic E-state index is -0.309. The Bertz CT molecular complexity index is 654. The molecule has 2 rings (SSSR count). The van der Waals surface area contributed by atoms with Crippen molar-refractivity contribution in [3.05, 3.63) is 59.9 Å². The van der Waals surface area contributed by atoms with Gasteiger partial charge in [0.2, 0.25) is 5.88 Å². The molecule has 1 aromatic heterocycles. The van der Waals surface area contributed by atoms with Crippen molar-refractivity contribution in [2.24, 2.45) is 0 Å². The van der Waals surface area contributed by atoms with Crippen LogP contribution in [0.4, 0.5) is 10.2 Å². The number of carbonyl (C=O) groups excluding carboxylic acids is 1. The standard InChI is InChI=1S/C16H15FN2O2/c1-19(14-4-3-5-15(18-14)21-2)16(20)11-8-12-6-9-13(17)10-7-12/h3-11H,1-2H3/b11-8+. The first-order valence-electron chi connectivity index (χ1n) is 6.32. The molecule has 0 saturated heterocycles. The predicted octanol–water partition coefficient (Wildman–Crippen LogP) is 2.91. The molecule has 0 saturated carbocycles. The zero-order valence-electron chi connectivity index (χ0n) is 11.8. The number of methoxy groups -OCH3 is 1. The topological polar surface area (TPSA) is 42.4 Å². The van der Waals surface area contributed by atoms with E-state index in [2.05, 4.69) is 4.98 Å². The van der Waals surface area contributed by atoms with Crippen molar-refractivity contribution in [3.8, 4) is 5.88 Å². The zero-order chi connectivity index (χ0) is 15.2. The van der Waals surface area contributed by atoms with Crippen LogP contribution in [0.1, 0.15) is 5.56 Å². The largest absolute Gasteiger partial charge is 0.481 e. The third-order valence-electron chi connectivity index (χ3n) is 2.88. The summed E-state index contributed by atoms with van der Waals surface area (Å²) in [6.07, 6.45) is 3.03. The number of rotatable bonds is 4. The molecule has 108 valence electrons. The van der Waals surface area contributed by atoms with Crippen molar-refractivity contribution >= 4 is 17.8 Å². The molecule has 2 aromatic rings. The van der Waals surface area contributed by atoms with Gasteiger partial charge in [-0.15, -0.1) is 0 Å². The first-order valence-corrected chi connectivity index (χ1v) is 6.32. The van der Waals surface area contributed by atoms with Crippen molar-refractivity contribution in [1.82, 2.24) is 4.98 Å². The van der Waals surface area contributed by atoms with E-state index in [1.54, 1.807) is 43.5 Å². The Labute approximate surface area is 122 Å². The molecule has 0 atom stereocenters. The highest BCUT2D eigenvalue weighted by Gasteiger charge is 2.09. The SMILES string of the molecule is COc1cccc(N(C)C(=O)/C=C/c2ccc(F)cc2)n1. The van der Waals surface area contributed by atoms with Gasteiger partial charge >= 0.3 is 0 Å². The van der Waals surface area contributed by atoms with Gasteiger partial charge in [0.1, 0.15) is 11.6 Å². The first kappa shape index (κ1) is 14.7. The predicted molar refractivity (Wildman–Crippen MR) is 79.6 cm³/mol. The summed E-state index contributed by atoms with van der Waals surface area (Å²) >= 11 is 0. The van der Waals surface area contributed by atoms with E-state index in [-0.39, 0.29) is 11.7 Å². The summed E-state index contributed by atoms with van der Waals surface area (Å²) in [7, 11) is 3.14. The Morgan fingerprint density at radius 3 is 2.62 bits per heavy atom. The zero-order valence-corrected chi connectivity index (χ0v) is 11.8. The molecule has 5 heteroatoms. The molecule has 1 aromatic carbocycles. The number of ether oxygens (including phenoxy) is 1. The van der Waals surface area contributed by atoms with Gasteiger partial charge in [-0.3, -0.25) is 9.69 Å². The van der Waals surface area contributed by atoms with Crippen molar-refractivity contribution < 1.29 is 13.9 Å². The van der Waals surface area contributed by atoms with Gasteiger partial charge in [-0.05, 0) is 29.8 Å². The van der Waals surface area contributed by atoms with Gasteiger partial charge < -0.3 is 4.74 Å². The number of halogens is 1. The number of nitrogens with zero attached hydrogens (tertiary/aromatic N) is 2. The van der Waals surface area contributed by atoms with Crippen LogP contribution in [0.2, 0.25) is 0 Å². The fourth-order valence-corrected chi connectivity index (χ4v) is 1.67. The van der Waals surface area contributed by atoms with Crippen LogP contribution in [0.15, 0.2) is 48.5 Å². The Hall–Kier alpha value is -2.69. The number of aromatic nitrogens is 1. The van der Waals surface area contributed by atoms with E-state index in [9.17, 15) is 9.18 Å². The molecule has 21 heavy (non-hydrogen) atoms. The van der Waals surface area contributed by atoms with Gasteiger partial charge in [0.05, 0.1) is 7.11 Å². The molecule has 0 fully saturated rings. The lowest BCUT2D eigenvalue weighted by molar-refractivity contribution is -0.113. The molecule has 4 nitrogen and oxygen atoms in total. The fraction of sp³-hybridized carbons (Fsp3) is 0.125. The number of hydrogen-bond donors (Lipinski definition) is 0. The van der Waals surface area contributed by atoms with E-state index >= 15 is 0 Å². The van der Waals surface area contributed by atoms with Gasteiger partial charge in [-0.1, -0.05) is 18.2 Å². The van der Waals surface area contributed by atoms with Gasteiger partial charge in [0.15, 0.2) is 0 Å². The van der Waals surface area contributed by atoms with Crippen molar-refractivity contribution in [2.75, 3.05) is 19.1 Å². The quantitative estimate of drug-likeness (QED) is 0.812. The summed E-state index contributed by atoms with van der Waals surface area (Å²) in [4.78, 5) is 17.7. The highest BCUT2D eigenvalue weighted by molar-refractivity contribution is 6.02. The van der Waals surface area contributed by atoms with Crippen molar-refractivity contribution in [3.63, 3.8) is 0 Å². The summed E-state index contributed by atoms with van der Waals surface area (Å²) in [6, 6.07) is 11.1. The second-order valence-corrected chi connectivity index (χ2v) is 4.32. The Morgan fingerprint density at radius 2 is 1.95 bits per heavy atom. The molecule has 0 aliphatic rings. The second-order valence-electron chi connectivity index (χ2n) is 4.32. The molecule has 0 spiro atoms. The van der Waals surface area contributed by atoms with Gasteiger partial charge in [0, 0.05) is 19.2 Å². The lowest BCUT2D eigenvalue weighted by atomic mass is 10.2. The lowest BCUT2D eigenvalue weighted by Gasteiger charge is -2.14. The molecule has 1 heterocycles. The molecule has 0 aliphatic carbocycles. The summed E-state index contributed by atoms with van der Waals surface area (Å²) in [5.74, 6) is 0.383. The van der Waals surface area contributed by atoms with E-state index in [1.807, 2.05) is 0 Å². The number of hydrogen-bond acceptors (Lipinski definition) is 3. The normalized spacial score (nSPS) is 10.6. The maximum Gasteiger partial charge on any atom is 0.251 e. The smallest absolute Gasteiger partial charge is 0.251 e. The van der Waals surface area contributed by atoms with Crippen LogP contribution in [0, 0.1) is 5.82 Å². The molecule has 0 bridgehead atoms. The van der Waals surface area contributed by atoms with Crippen LogP contribution in [-0.4, -0.2) is 25.0 Å². The van der Waals surface area contributed by atoms with E-state index in [1.165, 1.54) is 30.2 Å². The molecule has 0 aliphatic heterocycles. The van der Waals surface area contributed by atoms with Gasteiger partial charge in [-0.25, -0.2) is 4.39 Å². The molecule has 0 N–H and O–H groups in total. The average molecular weight is 286 g/mol. The van der Waals surface area contributed by atoms with E-state index in [0.29, 0.717) is 11.7 Å². The number of pyridine rings is 1. The van der Waals surface area contributed by atoms with E-state index < -0.39 is 0 Å². The summed E-state index contributed by atoms with van der Waals surface area (Å²) in [6.45, 7) is 0. The fourth-order valence-electron chi connectivity index (χ4n) is 1.67. The molecule has 0 unspecified atom stereocenters. The summed E-state index contributed by atoms with van der Waals surface area (Å²) in [5.41, 5.74) is 0.747. The van der Waals surface area contributed by atoms with Crippen molar-refractivity contribution in [2.45, 2.75) is 0 Å². The van der Waals surface area contributed by atoms with E-state index in [4.69, 9.17) is 4.74 Å². The number of amides is 1. The Kier molecular flexibility index (Phi) is 4.66.